The van der Waals surface area contributed by atoms with Crippen LogP contribution in [0, 0.1) is 0 Å². The van der Waals surface area contributed by atoms with Crippen LogP contribution in [-0.4, -0.2) is 4.98 Å². The molecule has 0 aliphatic heterocycles. The highest BCUT2D eigenvalue weighted by Crippen LogP contribution is 2.38. The topological polar surface area (TPSA) is 48.1 Å². The smallest absolute Gasteiger partial charge is 0.419 e. The number of ether oxygens (including phenoxy) is 1. The molecule has 0 bridgehead atoms. The summed E-state index contributed by atoms with van der Waals surface area (Å²) in [6, 6.07) is 7.96. The minimum Gasteiger partial charge on any atom is -0.436 e. The van der Waals surface area contributed by atoms with Crippen molar-refractivity contribution in [3.63, 3.8) is 0 Å². The van der Waals surface area contributed by atoms with Crippen LogP contribution in [0.1, 0.15) is 5.56 Å². The molecular formula is C12H9F3N2O. The zero-order chi connectivity index (χ0) is 13.2. The lowest BCUT2D eigenvalue weighted by molar-refractivity contribution is -0.138. The van der Waals surface area contributed by atoms with E-state index in [9.17, 15) is 13.2 Å². The Hall–Kier alpha value is -2.24. The molecule has 0 aliphatic carbocycles. The molecule has 2 N–H and O–H groups in total. The summed E-state index contributed by atoms with van der Waals surface area (Å²) in [6.45, 7) is 0. The van der Waals surface area contributed by atoms with E-state index in [1.165, 1.54) is 30.5 Å². The van der Waals surface area contributed by atoms with Gasteiger partial charge in [0, 0.05) is 6.20 Å². The molecule has 0 aliphatic rings. The average molecular weight is 254 g/mol. The molecule has 0 spiro atoms. The summed E-state index contributed by atoms with van der Waals surface area (Å²) in [4.78, 5) is 3.78. The van der Waals surface area contributed by atoms with Crippen molar-refractivity contribution in [2.45, 2.75) is 6.18 Å². The molecule has 0 atom stereocenters. The molecule has 18 heavy (non-hydrogen) atoms. The highest BCUT2D eigenvalue weighted by molar-refractivity contribution is 5.50. The van der Waals surface area contributed by atoms with Crippen LogP contribution in [-0.2, 0) is 6.18 Å². The summed E-state index contributed by atoms with van der Waals surface area (Å²) in [7, 11) is 0. The molecule has 2 aromatic rings. The van der Waals surface area contributed by atoms with Gasteiger partial charge >= 0.3 is 6.18 Å². The Morgan fingerprint density at radius 2 is 1.78 bits per heavy atom. The van der Waals surface area contributed by atoms with Gasteiger partial charge in [-0.2, -0.15) is 13.2 Å². The zero-order valence-corrected chi connectivity index (χ0v) is 9.11. The molecule has 0 amide bonds. The van der Waals surface area contributed by atoms with Gasteiger partial charge in [0.05, 0.1) is 11.3 Å². The molecule has 0 radical (unpaired) electrons. The third-order valence-corrected chi connectivity index (χ3v) is 2.20. The van der Waals surface area contributed by atoms with E-state index in [2.05, 4.69) is 4.98 Å². The first-order chi connectivity index (χ1) is 8.48. The van der Waals surface area contributed by atoms with Crippen LogP contribution >= 0.6 is 0 Å². The highest BCUT2D eigenvalue weighted by atomic mass is 19.4. The Bertz CT molecular complexity index is 555. The van der Waals surface area contributed by atoms with Crippen molar-refractivity contribution >= 4 is 5.69 Å². The first-order valence-electron chi connectivity index (χ1n) is 5.03. The number of nitrogens with zero attached hydrogens (tertiary/aromatic N) is 1. The maximum Gasteiger partial charge on any atom is 0.419 e. The van der Waals surface area contributed by atoms with Crippen LogP contribution in [0.5, 0.6) is 11.6 Å². The van der Waals surface area contributed by atoms with E-state index in [1.807, 2.05) is 0 Å². The van der Waals surface area contributed by atoms with Gasteiger partial charge in [-0.15, -0.1) is 0 Å². The zero-order valence-electron chi connectivity index (χ0n) is 9.11. The molecule has 3 nitrogen and oxygen atoms in total. The number of hydrogen-bond acceptors (Lipinski definition) is 3. The number of pyridine rings is 1. The summed E-state index contributed by atoms with van der Waals surface area (Å²) in [5.41, 5.74) is 4.87. The monoisotopic (exact) mass is 254 g/mol. The van der Waals surface area contributed by atoms with E-state index < -0.39 is 11.7 Å². The van der Waals surface area contributed by atoms with Crippen molar-refractivity contribution in [3.05, 3.63) is 48.2 Å². The van der Waals surface area contributed by atoms with E-state index in [4.69, 9.17) is 10.5 Å². The van der Waals surface area contributed by atoms with Crippen molar-refractivity contribution in [1.29, 1.82) is 0 Å². The molecule has 0 saturated heterocycles. The number of benzene rings is 1. The fourth-order valence-electron chi connectivity index (χ4n) is 1.38. The number of halogens is 3. The molecule has 2 rings (SSSR count). The Morgan fingerprint density at radius 3 is 2.44 bits per heavy atom. The third-order valence-electron chi connectivity index (χ3n) is 2.20. The quantitative estimate of drug-likeness (QED) is 0.892. The average Bonchev–Trinajstić information content (AvgIpc) is 2.31. The molecule has 1 aromatic heterocycles. The third kappa shape index (κ3) is 2.53. The van der Waals surface area contributed by atoms with Gasteiger partial charge in [0.1, 0.15) is 5.75 Å². The molecule has 0 unspecified atom stereocenters. The number of para-hydroxylation sites is 1. The lowest BCUT2D eigenvalue weighted by Crippen LogP contribution is -2.07. The molecule has 94 valence electrons. The minimum absolute atomic E-state index is 0.0470. The normalized spacial score (nSPS) is 11.3. The lowest BCUT2D eigenvalue weighted by atomic mass is 10.2. The van der Waals surface area contributed by atoms with E-state index in [0.29, 0.717) is 0 Å². The van der Waals surface area contributed by atoms with E-state index in [-0.39, 0.29) is 17.3 Å². The number of nitrogen functional groups attached to an aromatic ring is 1. The molecular weight excluding hydrogens is 245 g/mol. The predicted molar refractivity (Wildman–Crippen MR) is 60.2 cm³/mol. The summed E-state index contributed by atoms with van der Waals surface area (Å²) in [5, 5.41) is 0. The Labute approximate surface area is 101 Å². The first-order valence-corrected chi connectivity index (χ1v) is 5.03. The SMILES string of the molecule is Nc1cccnc1Oc1ccccc1C(F)(F)F. The number of aromatic nitrogens is 1. The molecule has 1 aromatic carbocycles. The fraction of sp³-hybridized carbons (Fsp3) is 0.0833. The van der Waals surface area contributed by atoms with Crippen LogP contribution in [0.2, 0.25) is 0 Å². The number of alkyl halides is 3. The lowest BCUT2D eigenvalue weighted by Gasteiger charge is -2.13. The second kappa shape index (κ2) is 4.56. The van der Waals surface area contributed by atoms with Crippen molar-refractivity contribution in [2.24, 2.45) is 0 Å². The molecule has 1 heterocycles. The molecule has 6 heteroatoms. The number of rotatable bonds is 2. The van der Waals surface area contributed by atoms with Crippen LogP contribution < -0.4 is 10.5 Å². The number of nitrogens with two attached hydrogens (primary N) is 1. The van der Waals surface area contributed by atoms with E-state index >= 15 is 0 Å². The largest absolute Gasteiger partial charge is 0.436 e. The van der Waals surface area contributed by atoms with E-state index in [1.54, 1.807) is 6.07 Å². The van der Waals surface area contributed by atoms with Crippen LogP contribution in [0.25, 0.3) is 0 Å². The van der Waals surface area contributed by atoms with Crippen LogP contribution in [0.4, 0.5) is 18.9 Å². The summed E-state index contributed by atoms with van der Waals surface area (Å²) in [5.74, 6) is -0.371. The van der Waals surface area contributed by atoms with Crippen molar-refractivity contribution in [3.8, 4) is 11.6 Å². The predicted octanol–water partition coefficient (Wildman–Crippen LogP) is 3.47. The Kier molecular flexibility index (Phi) is 3.10. The van der Waals surface area contributed by atoms with Gasteiger partial charge in [-0.05, 0) is 24.3 Å². The highest BCUT2D eigenvalue weighted by Gasteiger charge is 2.34. The second-order valence-corrected chi connectivity index (χ2v) is 3.49. The number of hydrogen-bond donors (Lipinski definition) is 1. The Balaban J connectivity index is 2.39. The van der Waals surface area contributed by atoms with Gasteiger partial charge in [0.25, 0.3) is 0 Å². The summed E-state index contributed by atoms with van der Waals surface area (Å²) < 4.78 is 43.3. The van der Waals surface area contributed by atoms with Crippen molar-refractivity contribution in [1.82, 2.24) is 4.98 Å². The summed E-state index contributed by atoms with van der Waals surface area (Å²) in [6.07, 6.45) is -3.10. The molecule has 0 fully saturated rings. The van der Waals surface area contributed by atoms with Crippen molar-refractivity contribution in [2.75, 3.05) is 5.73 Å². The van der Waals surface area contributed by atoms with E-state index in [0.717, 1.165) is 6.07 Å². The van der Waals surface area contributed by atoms with Gasteiger partial charge in [-0.3, -0.25) is 0 Å². The number of anilines is 1. The Morgan fingerprint density at radius 1 is 1.06 bits per heavy atom. The van der Waals surface area contributed by atoms with Gasteiger partial charge < -0.3 is 10.5 Å². The minimum atomic E-state index is -4.49. The summed E-state index contributed by atoms with van der Waals surface area (Å²) >= 11 is 0. The second-order valence-electron chi connectivity index (χ2n) is 3.49. The van der Waals surface area contributed by atoms with Gasteiger partial charge in [-0.1, -0.05) is 12.1 Å². The van der Waals surface area contributed by atoms with Crippen LogP contribution in [0.15, 0.2) is 42.6 Å². The standard InChI is InChI=1S/C12H9F3N2O/c13-12(14,15)8-4-1-2-6-10(8)18-11-9(16)5-3-7-17-11/h1-7H,16H2. The first kappa shape index (κ1) is 12.2. The van der Waals surface area contributed by atoms with Gasteiger partial charge in [-0.25, -0.2) is 4.98 Å². The fourth-order valence-corrected chi connectivity index (χ4v) is 1.38. The van der Waals surface area contributed by atoms with Crippen molar-refractivity contribution < 1.29 is 17.9 Å². The molecule has 0 saturated carbocycles. The van der Waals surface area contributed by atoms with Gasteiger partial charge in [0.15, 0.2) is 0 Å². The van der Waals surface area contributed by atoms with Crippen LogP contribution in [0.3, 0.4) is 0 Å². The van der Waals surface area contributed by atoms with Gasteiger partial charge in [0.2, 0.25) is 5.88 Å². The maximum absolute atomic E-state index is 12.7. The maximum atomic E-state index is 12.7.